The summed E-state index contributed by atoms with van der Waals surface area (Å²) in [6, 6.07) is 9.64. The highest BCUT2D eigenvalue weighted by molar-refractivity contribution is 5.94. The van der Waals surface area contributed by atoms with E-state index in [1.165, 1.54) is 18.2 Å². The van der Waals surface area contributed by atoms with E-state index in [0.717, 1.165) is 57.0 Å². The maximum atomic E-state index is 13.2. The van der Waals surface area contributed by atoms with Crippen molar-refractivity contribution in [1.29, 1.82) is 0 Å². The van der Waals surface area contributed by atoms with E-state index in [9.17, 15) is 18.0 Å². The molecule has 27 heavy (non-hydrogen) atoms. The molecule has 1 aliphatic rings. The van der Waals surface area contributed by atoms with Crippen molar-refractivity contribution in [2.45, 2.75) is 6.42 Å². The van der Waals surface area contributed by atoms with Gasteiger partial charge in [0.15, 0.2) is 11.6 Å². The fourth-order valence-electron chi connectivity index (χ4n) is 3.13. The van der Waals surface area contributed by atoms with Gasteiger partial charge in [0.2, 0.25) is 0 Å². The predicted octanol–water partition coefficient (Wildman–Crippen LogP) is 3.05. The highest BCUT2D eigenvalue weighted by atomic mass is 19.2. The van der Waals surface area contributed by atoms with Crippen LogP contribution in [0.2, 0.25) is 0 Å². The standard InChI is InChI=1S/C20H22F3N3O/c21-16-3-5-17(6-4-16)26-12-10-25(11-13-26)9-1-8-24-20(27)15-2-7-18(22)19(23)14-15/h2-7,14H,1,8-13H2,(H,24,27). The van der Waals surface area contributed by atoms with E-state index >= 15 is 0 Å². The summed E-state index contributed by atoms with van der Waals surface area (Å²) < 4.78 is 39.1. The number of piperazine rings is 1. The second-order valence-electron chi connectivity index (χ2n) is 6.54. The summed E-state index contributed by atoms with van der Waals surface area (Å²) in [5.41, 5.74) is 1.14. The number of carbonyl (C=O) groups excluding carboxylic acids is 1. The topological polar surface area (TPSA) is 35.6 Å². The zero-order chi connectivity index (χ0) is 19.2. The molecule has 4 nitrogen and oxygen atoms in total. The summed E-state index contributed by atoms with van der Waals surface area (Å²) >= 11 is 0. The van der Waals surface area contributed by atoms with Crippen molar-refractivity contribution < 1.29 is 18.0 Å². The van der Waals surface area contributed by atoms with Crippen LogP contribution in [0.15, 0.2) is 42.5 Å². The minimum Gasteiger partial charge on any atom is -0.369 e. The predicted molar refractivity (Wildman–Crippen MR) is 98.4 cm³/mol. The molecule has 1 aliphatic heterocycles. The van der Waals surface area contributed by atoms with Crippen molar-refractivity contribution >= 4 is 11.6 Å². The van der Waals surface area contributed by atoms with Crippen LogP contribution in [0, 0.1) is 17.5 Å². The second kappa shape index (κ2) is 8.90. The van der Waals surface area contributed by atoms with Gasteiger partial charge in [-0.05, 0) is 55.4 Å². The highest BCUT2D eigenvalue weighted by Gasteiger charge is 2.17. The maximum Gasteiger partial charge on any atom is 0.251 e. The smallest absolute Gasteiger partial charge is 0.251 e. The molecule has 0 radical (unpaired) electrons. The van der Waals surface area contributed by atoms with Crippen molar-refractivity contribution in [3.05, 3.63) is 65.5 Å². The molecule has 1 N–H and O–H groups in total. The van der Waals surface area contributed by atoms with Crippen LogP contribution in [0.5, 0.6) is 0 Å². The van der Waals surface area contributed by atoms with E-state index in [-0.39, 0.29) is 11.4 Å². The molecule has 0 saturated carbocycles. The molecule has 1 amide bonds. The van der Waals surface area contributed by atoms with Crippen LogP contribution in [0.1, 0.15) is 16.8 Å². The largest absolute Gasteiger partial charge is 0.369 e. The lowest BCUT2D eigenvalue weighted by Gasteiger charge is -2.36. The molecule has 2 aromatic rings. The normalized spacial score (nSPS) is 15.0. The van der Waals surface area contributed by atoms with E-state index in [1.54, 1.807) is 12.1 Å². The molecule has 3 rings (SSSR count). The Morgan fingerprint density at radius 1 is 0.926 bits per heavy atom. The van der Waals surface area contributed by atoms with Gasteiger partial charge < -0.3 is 10.2 Å². The van der Waals surface area contributed by atoms with Gasteiger partial charge in [-0.15, -0.1) is 0 Å². The number of carbonyl (C=O) groups is 1. The van der Waals surface area contributed by atoms with Crippen molar-refractivity contribution in [3.8, 4) is 0 Å². The summed E-state index contributed by atoms with van der Waals surface area (Å²) in [5, 5.41) is 2.72. The van der Waals surface area contributed by atoms with Crippen molar-refractivity contribution in [2.24, 2.45) is 0 Å². The number of nitrogens with zero attached hydrogens (tertiary/aromatic N) is 2. The summed E-state index contributed by atoms with van der Waals surface area (Å²) in [4.78, 5) is 16.5. The zero-order valence-corrected chi connectivity index (χ0v) is 14.9. The summed E-state index contributed by atoms with van der Waals surface area (Å²) in [7, 11) is 0. The number of benzene rings is 2. The fourth-order valence-corrected chi connectivity index (χ4v) is 3.13. The first-order chi connectivity index (χ1) is 13.0. The Labute approximate surface area is 156 Å². The molecule has 1 fully saturated rings. The quantitative estimate of drug-likeness (QED) is 0.786. The van der Waals surface area contributed by atoms with E-state index in [1.807, 2.05) is 0 Å². The van der Waals surface area contributed by atoms with Gasteiger partial charge in [-0.3, -0.25) is 9.69 Å². The minimum atomic E-state index is -1.03. The van der Waals surface area contributed by atoms with Gasteiger partial charge in [0.25, 0.3) is 5.91 Å². The molecule has 0 spiro atoms. The monoisotopic (exact) mass is 377 g/mol. The molecule has 144 valence electrons. The van der Waals surface area contributed by atoms with Gasteiger partial charge in [-0.2, -0.15) is 0 Å². The molecule has 1 heterocycles. The van der Waals surface area contributed by atoms with E-state index < -0.39 is 17.5 Å². The first kappa shape index (κ1) is 19.2. The van der Waals surface area contributed by atoms with Crippen LogP contribution in [-0.2, 0) is 0 Å². The van der Waals surface area contributed by atoms with E-state index in [2.05, 4.69) is 15.1 Å². The van der Waals surface area contributed by atoms with Crippen molar-refractivity contribution in [1.82, 2.24) is 10.2 Å². The number of nitrogens with one attached hydrogen (secondary N) is 1. The van der Waals surface area contributed by atoms with E-state index in [4.69, 9.17) is 0 Å². The molecular formula is C20H22F3N3O. The Bertz CT molecular complexity index is 775. The van der Waals surface area contributed by atoms with Gasteiger partial charge >= 0.3 is 0 Å². The minimum absolute atomic E-state index is 0.113. The molecule has 7 heteroatoms. The Morgan fingerprint density at radius 2 is 1.63 bits per heavy atom. The van der Waals surface area contributed by atoms with E-state index in [0.29, 0.717) is 6.54 Å². The second-order valence-corrected chi connectivity index (χ2v) is 6.54. The van der Waals surface area contributed by atoms with Gasteiger partial charge in [0.1, 0.15) is 5.82 Å². The number of amides is 1. The van der Waals surface area contributed by atoms with Gasteiger partial charge in [-0.1, -0.05) is 0 Å². The number of rotatable bonds is 6. The lowest BCUT2D eigenvalue weighted by atomic mass is 10.2. The Hall–Kier alpha value is -2.54. The van der Waals surface area contributed by atoms with Crippen molar-refractivity contribution in [2.75, 3.05) is 44.2 Å². The molecular weight excluding hydrogens is 355 g/mol. The zero-order valence-electron chi connectivity index (χ0n) is 14.9. The molecule has 0 bridgehead atoms. The summed E-state index contributed by atoms with van der Waals surface area (Å²) in [5.74, 6) is -2.63. The fraction of sp³-hybridized carbons (Fsp3) is 0.350. The van der Waals surface area contributed by atoms with Crippen LogP contribution in [0.3, 0.4) is 0 Å². The molecule has 0 atom stereocenters. The van der Waals surface area contributed by atoms with Crippen LogP contribution in [-0.4, -0.2) is 50.1 Å². The molecule has 0 aromatic heterocycles. The average Bonchev–Trinajstić information content (AvgIpc) is 2.68. The van der Waals surface area contributed by atoms with Crippen LogP contribution >= 0.6 is 0 Å². The number of hydrogen-bond acceptors (Lipinski definition) is 3. The lowest BCUT2D eigenvalue weighted by molar-refractivity contribution is 0.0951. The lowest BCUT2D eigenvalue weighted by Crippen LogP contribution is -2.47. The molecule has 1 saturated heterocycles. The summed E-state index contributed by atoms with van der Waals surface area (Å²) in [6.07, 6.45) is 0.770. The number of anilines is 1. The average molecular weight is 377 g/mol. The first-order valence-corrected chi connectivity index (χ1v) is 8.99. The third-order valence-corrected chi connectivity index (χ3v) is 4.68. The third kappa shape index (κ3) is 5.23. The molecule has 0 unspecified atom stereocenters. The van der Waals surface area contributed by atoms with Crippen LogP contribution in [0.4, 0.5) is 18.9 Å². The van der Waals surface area contributed by atoms with Gasteiger partial charge in [-0.25, -0.2) is 13.2 Å². The molecule has 2 aromatic carbocycles. The Morgan fingerprint density at radius 3 is 2.30 bits per heavy atom. The first-order valence-electron chi connectivity index (χ1n) is 8.99. The van der Waals surface area contributed by atoms with Crippen LogP contribution in [0.25, 0.3) is 0 Å². The number of hydrogen-bond donors (Lipinski definition) is 1. The molecule has 0 aliphatic carbocycles. The van der Waals surface area contributed by atoms with Gasteiger partial charge in [0, 0.05) is 44.0 Å². The SMILES string of the molecule is O=C(NCCCN1CCN(c2ccc(F)cc2)CC1)c1ccc(F)c(F)c1. The maximum absolute atomic E-state index is 13.2. The third-order valence-electron chi connectivity index (χ3n) is 4.68. The van der Waals surface area contributed by atoms with Gasteiger partial charge in [0.05, 0.1) is 0 Å². The number of halogens is 3. The summed E-state index contributed by atoms with van der Waals surface area (Å²) in [6.45, 7) is 4.84. The Kier molecular flexibility index (Phi) is 6.34. The van der Waals surface area contributed by atoms with Crippen molar-refractivity contribution in [3.63, 3.8) is 0 Å². The highest BCUT2D eigenvalue weighted by Crippen LogP contribution is 2.17. The Balaban J connectivity index is 1.36. The van der Waals surface area contributed by atoms with Crippen LogP contribution < -0.4 is 10.2 Å².